The van der Waals surface area contributed by atoms with Crippen LogP contribution in [0.15, 0.2) is 54.6 Å². The Balaban J connectivity index is 1.19. The molecule has 0 saturated carbocycles. The number of carbonyl (C=O) groups is 4. The van der Waals surface area contributed by atoms with Gasteiger partial charge in [0, 0.05) is 38.9 Å². The topological polar surface area (TPSA) is 227 Å². The number of pyridine rings is 1. The Morgan fingerprint density at radius 1 is 1.07 bits per heavy atom. The number of fused-ring (bicyclic) bond motifs is 1. The molecule has 1 aromatic carbocycles. The molecule has 0 bridgehead atoms. The van der Waals surface area contributed by atoms with Crippen LogP contribution in [0.4, 0.5) is 0 Å². The van der Waals surface area contributed by atoms with Crippen molar-refractivity contribution in [1.29, 1.82) is 5.26 Å². The number of ketones is 1. The van der Waals surface area contributed by atoms with Crippen molar-refractivity contribution in [3.8, 4) is 17.6 Å². The van der Waals surface area contributed by atoms with Crippen LogP contribution in [0.1, 0.15) is 65.6 Å². The van der Waals surface area contributed by atoms with Crippen LogP contribution in [-0.2, 0) is 19.1 Å². The lowest BCUT2D eigenvalue weighted by atomic mass is 9.93. The molecule has 4 N–H and O–H groups in total. The first kappa shape index (κ1) is 40.2. The van der Waals surface area contributed by atoms with Gasteiger partial charge in [-0.3, -0.25) is 19.2 Å². The van der Waals surface area contributed by atoms with Crippen LogP contribution in [0.25, 0.3) is 22.3 Å². The Kier molecular flexibility index (Phi) is 14.6. The summed E-state index contributed by atoms with van der Waals surface area (Å²) < 4.78 is 17.3. The van der Waals surface area contributed by atoms with Gasteiger partial charge in [-0.25, -0.2) is 9.97 Å². The molecule has 1 atom stereocenters. The van der Waals surface area contributed by atoms with E-state index >= 15 is 0 Å². The van der Waals surface area contributed by atoms with E-state index in [0.29, 0.717) is 68.5 Å². The number of piperidine rings is 1. The van der Waals surface area contributed by atoms with Crippen LogP contribution in [0.2, 0.25) is 0 Å². The number of nitrogens with one attached hydrogen (secondary N) is 3. The molecule has 1 aliphatic rings. The average molecular weight is 756 g/mol. The van der Waals surface area contributed by atoms with Crippen molar-refractivity contribution in [2.24, 2.45) is 0 Å². The average Bonchev–Trinajstić information content (AvgIpc) is 3.89. The molecule has 55 heavy (non-hydrogen) atoms. The van der Waals surface area contributed by atoms with E-state index in [9.17, 15) is 29.5 Å². The lowest BCUT2D eigenvalue weighted by Gasteiger charge is -2.28. The van der Waals surface area contributed by atoms with Crippen molar-refractivity contribution < 1.29 is 38.5 Å². The number of allylic oxidation sites excluding steroid dienone is 1. The van der Waals surface area contributed by atoms with E-state index in [0.717, 1.165) is 11.1 Å². The summed E-state index contributed by atoms with van der Waals surface area (Å²) in [6.07, 6.45) is 6.11. The standard InChI is InChI=1S/C38H45N9O8/c1-3-54-18-19-55-17-13-31(49)40-14-7-10-27(23-48)44-37(51)35-43-24-47(45-35)36-33-32(30(53-2)22-42-36)29(21-41-33)34(50)38(52)46-15-11-26(12-16-46)28(20-39)25-8-5-4-6-9-25/h4-6,8-9,21-22,24,27,41,48H,3,7,10-19,23H2,1-2H3,(H,40,49)(H,44,51)/t27-/m0/s1. The molecule has 17 nitrogen and oxygen atoms in total. The van der Waals surface area contributed by atoms with Crippen molar-refractivity contribution >= 4 is 40.0 Å². The minimum atomic E-state index is -0.742. The first-order valence-electron chi connectivity index (χ1n) is 18.1. The molecule has 4 heterocycles. The number of hydrogen-bond donors (Lipinski definition) is 4. The zero-order valence-electron chi connectivity index (χ0n) is 30.9. The number of amides is 3. The van der Waals surface area contributed by atoms with Crippen LogP contribution in [-0.4, -0.2) is 124 Å². The van der Waals surface area contributed by atoms with Crippen LogP contribution in [0, 0.1) is 11.3 Å². The van der Waals surface area contributed by atoms with Crippen molar-refractivity contribution in [3.63, 3.8) is 0 Å². The van der Waals surface area contributed by atoms with Crippen LogP contribution < -0.4 is 15.4 Å². The second kappa shape index (κ2) is 19.9. The molecule has 0 unspecified atom stereocenters. The first-order valence-corrected chi connectivity index (χ1v) is 18.1. The van der Waals surface area contributed by atoms with Gasteiger partial charge in [-0.05, 0) is 43.7 Å². The highest BCUT2D eigenvalue weighted by Gasteiger charge is 2.30. The summed E-state index contributed by atoms with van der Waals surface area (Å²) in [5.41, 5.74) is 2.75. The summed E-state index contributed by atoms with van der Waals surface area (Å²) in [5, 5.41) is 29.8. The molecule has 0 spiro atoms. The predicted octanol–water partition coefficient (Wildman–Crippen LogP) is 2.36. The molecule has 290 valence electrons. The zero-order valence-corrected chi connectivity index (χ0v) is 30.9. The normalized spacial score (nSPS) is 13.3. The number of benzene rings is 1. The third-order valence-corrected chi connectivity index (χ3v) is 9.06. The van der Waals surface area contributed by atoms with Gasteiger partial charge in [0.25, 0.3) is 17.6 Å². The molecule has 1 aliphatic heterocycles. The third kappa shape index (κ3) is 10.2. The second-order valence-electron chi connectivity index (χ2n) is 12.6. The Morgan fingerprint density at radius 2 is 1.84 bits per heavy atom. The number of aromatic amines is 1. The number of likely N-dealkylation sites (tertiary alicyclic amines) is 1. The van der Waals surface area contributed by atoms with Crippen LogP contribution in [0.3, 0.4) is 0 Å². The fourth-order valence-electron chi connectivity index (χ4n) is 6.18. The summed E-state index contributed by atoms with van der Waals surface area (Å²) in [4.78, 5) is 65.3. The van der Waals surface area contributed by atoms with E-state index in [1.54, 1.807) is 0 Å². The molecule has 1 saturated heterocycles. The summed E-state index contributed by atoms with van der Waals surface area (Å²) in [6.45, 7) is 4.28. The third-order valence-electron chi connectivity index (χ3n) is 9.06. The van der Waals surface area contributed by atoms with Crippen LogP contribution >= 0.6 is 0 Å². The van der Waals surface area contributed by atoms with Crippen molar-refractivity contribution in [1.82, 2.24) is 40.3 Å². The molecule has 4 aromatic rings. The highest BCUT2D eigenvalue weighted by Crippen LogP contribution is 2.32. The highest BCUT2D eigenvalue weighted by atomic mass is 16.5. The number of H-pyrrole nitrogens is 1. The summed E-state index contributed by atoms with van der Waals surface area (Å²) >= 11 is 0. The number of ether oxygens (including phenoxy) is 3. The van der Waals surface area contributed by atoms with E-state index in [-0.39, 0.29) is 61.6 Å². The van der Waals surface area contributed by atoms with Gasteiger partial charge >= 0.3 is 0 Å². The van der Waals surface area contributed by atoms with Gasteiger partial charge < -0.3 is 39.8 Å². The monoisotopic (exact) mass is 755 g/mol. The number of nitriles is 1. The van der Waals surface area contributed by atoms with Crippen molar-refractivity contribution in [3.05, 3.63) is 71.6 Å². The fraction of sp³-hybridized carbons (Fsp3) is 0.421. The lowest BCUT2D eigenvalue weighted by molar-refractivity contribution is -0.126. The van der Waals surface area contributed by atoms with E-state index in [1.165, 1.54) is 35.4 Å². The maximum atomic E-state index is 13.7. The van der Waals surface area contributed by atoms with Gasteiger partial charge in [0.1, 0.15) is 12.1 Å². The highest BCUT2D eigenvalue weighted by molar-refractivity contribution is 6.45. The summed E-state index contributed by atoms with van der Waals surface area (Å²) in [6, 6.07) is 11.1. The van der Waals surface area contributed by atoms with E-state index in [2.05, 4.69) is 36.8 Å². The van der Waals surface area contributed by atoms with Gasteiger partial charge in [0.15, 0.2) is 5.82 Å². The predicted molar refractivity (Wildman–Crippen MR) is 199 cm³/mol. The van der Waals surface area contributed by atoms with Gasteiger partial charge in [-0.1, -0.05) is 30.3 Å². The minimum Gasteiger partial charge on any atom is -0.494 e. The quantitative estimate of drug-likeness (QED) is 0.0468. The van der Waals surface area contributed by atoms with Crippen molar-refractivity contribution in [2.45, 2.75) is 45.1 Å². The van der Waals surface area contributed by atoms with Gasteiger partial charge in [0.05, 0.1) is 73.9 Å². The van der Waals surface area contributed by atoms with E-state index in [4.69, 9.17) is 14.2 Å². The minimum absolute atomic E-state index is 0.0785. The second-order valence-corrected chi connectivity index (χ2v) is 12.6. The molecule has 3 aromatic heterocycles. The number of aliphatic hydroxyl groups is 1. The van der Waals surface area contributed by atoms with E-state index < -0.39 is 23.6 Å². The Hall–Kier alpha value is -5.96. The molecule has 5 rings (SSSR count). The van der Waals surface area contributed by atoms with Gasteiger partial charge in [-0.2, -0.15) is 9.94 Å². The molecule has 3 amide bonds. The molecular formula is C38H45N9O8. The largest absolute Gasteiger partial charge is 0.494 e. The van der Waals surface area contributed by atoms with Gasteiger partial charge in [0.2, 0.25) is 11.7 Å². The number of aromatic nitrogens is 5. The summed E-state index contributed by atoms with van der Waals surface area (Å²) in [5.74, 6) is -1.97. The smallest absolute Gasteiger partial charge is 0.295 e. The number of aliphatic hydroxyl groups excluding tert-OH is 1. The number of rotatable bonds is 19. The molecule has 0 aliphatic carbocycles. The molecule has 17 heteroatoms. The fourth-order valence-corrected chi connectivity index (χ4v) is 6.18. The lowest BCUT2D eigenvalue weighted by Crippen LogP contribution is -2.40. The van der Waals surface area contributed by atoms with Gasteiger partial charge in [-0.15, -0.1) is 5.10 Å². The number of hydrogen-bond acceptors (Lipinski definition) is 12. The molecular weight excluding hydrogens is 710 g/mol. The van der Waals surface area contributed by atoms with Crippen molar-refractivity contribution in [2.75, 3.05) is 59.8 Å². The van der Waals surface area contributed by atoms with Crippen LogP contribution in [0.5, 0.6) is 5.75 Å². The molecule has 1 fully saturated rings. The maximum Gasteiger partial charge on any atom is 0.295 e. The molecule has 0 radical (unpaired) electrons. The van der Waals surface area contributed by atoms with E-state index in [1.807, 2.05) is 37.3 Å². The maximum absolute atomic E-state index is 13.7. The Bertz CT molecular complexity index is 2030. The number of nitrogens with zero attached hydrogens (tertiary/aromatic N) is 6. The summed E-state index contributed by atoms with van der Waals surface area (Å²) in [7, 11) is 1.42. The Labute approximate surface area is 317 Å². The SMILES string of the molecule is CCOCCOCCC(=O)NCCC[C@@H](CO)NC(=O)c1ncn(-c2ncc(OC)c3c(C(=O)C(=O)N4CCC(=C(C#N)c5ccccc5)CC4)c[nH]c23)n1. The number of carbonyl (C=O) groups excluding carboxylic acids is 4. The zero-order chi connectivity index (χ0) is 39.2. The number of methoxy groups -OCH3 is 1. The first-order chi connectivity index (χ1) is 26.8. The number of Topliss-reactive ketones (excluding diaryl/α,β-unsaturated/α-hetero) is 1. The Morgan fingerprint density at radius 3 is 2.55 bits per heavy atom.